The Morgan fingerprint density at radius 2 is 2.30 bits per heavy atom. The van der Waals surface area contributed by atoms with E-state index in [1.807, 2.05) is 0 Å². The Kier molecular flexibility index (Phi) is 21.1. The van der Waals surface area contributed by atoms with Gasteiger partial charge in [0, 0.05) is 11.5 Å². The van der Waals surface area contributed by atoms with Gasteiger partial charge >= 0.3 is 34.5 Å². The molecule has 0 aliphatic heterocycles. The fourth-order valence-corrected chi connectivity index (χ4v) is 0.325. The Morgan fingerprint density at radius 3 is 2.70 bits per heavy atom. The Labute approximate surface area is 81.8 Å². The van der Waals surface area contributed by atoms with Crippen LogP contribution in [0.15, 0.2) is 11.2 Å². The maximum atomic E-state index is 7.78. The summed E-state index contributed by atoms with van der Waals surface area (Å²) in [5.74, 6) is 0. The number of unbranched alkanes of at least 4 members (excludes halogenated alkanes) is 1. The van der Waals surface area contributed by atoms with E-state index < -0.39 is 0 Å². The zero-order valence-electron chi connectivity index (χ0n) is 5.70. The van der Waals surface area contributed by atoms with Gasteiger partial charge in [0.25, 0.3) is 0 Å². The van der Waals surface area contributed by atoms with Crippen molar-refractivity contribution in [3.8, 4) is 0 Å². The van der Waals surface area contributed by atoms with Crippen molar-refractivity contribution in [3.05, 3.63) is 23.1 Å². The Bertz CT molecular complexity index is 111. The molecule has 0 saturated heterocycles. The molecule has 0 saturated carbocycles. The summed E-state index contributed by atoms with van der Waals surface area (Å²) in [5.41, 5.74) is 7.78. The van der Waals surface area contributed by atoms with E-state index >= 15 is 0 Å². The molecular weight excluding hydrogens is 294 g/mol. The fraction of sp³-hybridized carbons (Fsp3) is 0.600. The third-order valence-corrected chi connectivity index (χ3v) is 0.692. The second-order valence-electron chi connectivity index (χ2n) is 1.33. The minimum atomic E-state index is 0.546. The van der Waals surface area contributed by atoms with Crippen molar-refractivity contribution in [2.24, 2.45) is 5.11 Å². The fourth-order valence-electron chi connectivity index (χ4n) is 0.325. The summed E-state index contributed by atoms with van der Waals surface area (Å²) in [6.07, 6.45) is 3.23. The number of azide groups is 1. The molecule has 0 heterocycles. The number of hydrogen-bond donors (Lipinski definition) is 0. The molecule has 5 heteroatoms. The second-order valence-corrected chi connectivity index (χ2v) is 1.33. The van der Waals surface area contributed by atoms with Crippen molar-refractivity contribution in [1.82, 2.24) is 0 Å². The van der Waals surface area contributed by atoms with Crippen LogP contribution >= 0.6 is 19.8 Å². The van der Waals surface area contributed by atoms with E-state index in [0.717, 1.165) is 12.8 Å². The molecule has 0 aliphatic rings. The first-order valence-corrected chi connectivity index (χ1v) is 11.8. The predicted octanol–water partition coefficient (Wildman–Crippen LogP) is 2.95. The summed E-state index contributed by atoms with van der Waals surface area (Å²) in [7, 11) is 0. The van der Waals surface area contributed by atoms with Crippen molar-refractivity contribution in [1.29, 1.82) is 0 Å². The van der Waals surface area contributed by atoms with Gasteiger partial charge < -0.3 is 6.58 Å². The van der Waals surface area contributed by atoms with Gasteiger partial charge in [0.05, 0.1) is 0 Å². The molecule has 0 fully saturated rings. The quantitative estimate of drug-likeness (QED) is 0.146. The molecule has 10 heavy (non-hydrogen) atoms. The molecule has 0 bridgehead atoms. The van der Waals surface area contributed by atoms with Gasteiger partial charge in [-0.05, 0) is 12.0 Å². The van der Waals surface area contributed by atoms with Crippen LogP contribution < -0.4 is 0 Å². The van der Waals surface area contributed by atoms with E-state index in [4.69, 9.17) is 12.1 Å². The first-order valence-electron chi connectivity index (χ1n) is 2.73. The van der Waals surface area contributed by atoms with Crippen molar-refractivity contribution in [2.75, 3.05) is 6.54 Å². The van der Waals surface area contributed by atoms with Crippen molar-refractivity contribution in [3.63, 3.8) is 0 Å². The normalized spacial score (nSPS) is 6.70. The Morgan fingerprint density at radius 1 is 1.70 bits per heavy atom. The van der Waals surface area contributed by atoms with Crippen LogP contribution in [0.2, 0.25) is 0 Å². The average molecular weight is 302 g/mol. The summed E-state index contributed by atoms with van der Waals surface area (Å²) < 4.78 is 0. The Balaban J connectivity index is 0. The van der Waals surface area contributed by atoms with E-state index in [9.17, 15) is 0 Å². The summed E-state index contributed by atoms with van der Waals surface area (Å²) in [6.45, 7) is 5.60. The summed E-state index contributed by atoms with van der Waals surface area (Å²) in [6, 6.07) is 0. The molecule has 0 aliphatic carbocycles. The van der Waals surface area contributed by atoms with Crippen LogP contribution in [0.25, 0.3) is 10.4 Å². The molecule has 0 spiro atoms. The molecule has 0 atom stereocenters. The van der Waals surface area contributed by atoms with Crippen molar-refractivity contribution >= 4 is 19.8 Å². The summed E-state index contributed by atoms with van der Waals surface area (Å²) in [5, 5.41) is 3.31. The SMILES string of the molecule is [CH-]=CCCCN=[N+]=[N-].[Zn+][I]. The third kappa shape index (κ3) is 15.8. The number of nitrogens with zero attached hydrogens (tertiary/aromatic N) is 3. The topological polar surface area (TPSA) is 48.8 Å². The van der Waals surface area contributed by atoms with Crippen LogP contribution in [0.1, 0.15) is 12.8 Å². The van der Waals surface area contributed by atoms with E-state index in [1.165, 1.54) is 14.8 Å². The number of halogens is 1. The van der Waals surface area contributed by atoms with E-state index in [1.54, 1.807) is 6.08 Å². The van der Waals surface area contributed by atoms with Crippen LogP contribution in [0, 0.1) is 6.58 Å². The first-order chi connectivity index (χ1) is 4.91. The molecule has 0 radical (unpaired) electrons. The number of hydrogen-bond acceptors (Lipinski definition) is 1. The van der Waals surface area contributed by atoms with Gasteiger partial charge in [-0.25, -0.2) is 0 Å². The summed E-state index contributed by atoms with van der Waals surface area (Å²) in [4.78, 5) is 2.58. The van der Waals surface area contributed by atoms with E-state index in [2.05, 4.69) is 29.8 Å². The molecule has 0 amide bonds. The number of allylic oxidation sites excluding steroid dienone is 1. The van der Waals surface area contributed by atoms with Gasteiger partial charge in [-0.2, -0.15) is 0 Å². The molecule has 0 unspecified atom stereocenters. The third-order valence-electron chi connectivity index (χ3n) is 0.692. The van der Waals surface area contributed by atoms with Crippen LogP contribution in [-0.4, -0.2) is 6.54 Å². The van der Waals surface area contributed by atoms with Gasteiger partial charge in [0.15, 0.2) is 0 Å². The minimum absolute atomic E-state index is 0.546. The zero-order chi connectivity index (χ0) is 8.24. The molecule has 0 aromatic heterocycles. The van der Waals surface area contributed by atoms with Crippen molar-refractivity contribution in [2.45, 2.75) is 12.8 Å². The van der Waals surface area contributed by atoms with Crippen molar-refractivity contribution < 1.29 is 14.8 Å². The van der Waals surface area contributed by atoms with Gasteiger partial charge in [0.2, 0.25) is 0 Å². The standard InChI is InChI=1S/C5H8N3.HI.Zn/c1-2-3-4-5-7-8-6;;/h1-2H,3-5H2;1H;/q-1;;+2/p-1. The van der Waals surface area contributed by atoms with Crippen LogP contribution in [0.3, 0.4) is 0 Å². The van der Waals surface area contributed by atoms with Crippen LogP contribution in [0.4, 0.5) is 0 Å². The summed E-state index contributed by atoms with van der Waals surface area (Å²) >= 11 is 3.62. The molecule has 0 N–H and O–H groups in total. The average Bonchev–Trinajstić information content (AvgIpc) is 2.02. The Hall–Kier alpha value is 0.403. The van der Waals surface area contributed by atoms with E-state index in [0.29, 0.717) is 6.54 Å². The monoisotopic (exact) mass is 301 g/mol. The molecule has 3 nitrogen and oxygen atoms in total. The van der Waals surface area contributed by atoms with Crippen LogP contribution in [0.5, 0.6) is 0 Å². The molecule has 0 aromatic carbocycles. The van der Waals surface area contributed by atoms with Gasteiger partial charge in [-0.1, -0.05) is 11.5 Å². The van der Waals surface area contributed by atoms with Gasteiger partial charge in [-0.3, -0.25) is 6.08 Å². The van der Waals surface area contributed by atoms with Gasteiger partial charge in [-0.15, -0.1) is 0 Å². The second kappa shape index (κ2) is 16.2. The molecule has 52 valence electrons. The van der Waals surface area contributed by atoms with Crippen LogP contribution in [-0.2, 0) is 14.8 Å². The first kappa shape index (κ1) is 13.0. The molecule has 0 aromatic rings. The predicted molar refractivity (Wildman–Crippen MR) is 46.1 cm³/mol. The number of rotatable bonds is 4. The maximum absolute atomic E-state index is 7.78. The van der Waals surface area contributed by atoms with Gasteiger partial charge in [0.1, 0.15) is 0 Å². The molecular formula is C5H8IN3Zn. The van der Waals surface area contributed by atoms with E-state index in [-0.39, 0.29) is 0 Å². The zero-order valence-corrected chi connectivity index (χ0v) is 10.8. The molecule has 0 rings (SSSR count).